The molecule has 0 aromatic heterocycles. The van der Waals surface area contributed by atoms with Crippen LogP contribution in [0.25, 0.3) is 0 Å². The van der Waals surface area contributed by atoms with Gasteiger partial charge < -0.3 is 9.84 Å². The molecule has 0 aliphatic carbocycles. The number of hydrogen-bond acceptors (Lipinski definition) is 5. The second kappa shape index (κ2) is 6.14. The first-order chi connectivity index (χ1) is 11.6. The molecule has 3 rings (SSSR count). The van der Waals surface area contributed by atoms with Crippen LogP contribution in [0.3, 0.4) is 0 Å². The van der Waals surface area contributed by atoms with Crippen molar-refractivity contribution in [3.05, 3.63) is 62.7 Å². The van der Waals surface area contributed by atoms with Crippen molar-refractivity contribution in [2.45, 2.75) is 25.6 Å². The Morgan fingerprint density at radius 1 is 1.20 bits per heavy atom. The van der Waals surface area contributed by atoms with Gasteiger partial charge in [-0.1, -0.05) is 6.07 Å². The van der Waals surface area contributed by atoms with Crippen LogP contribution in [-0.4, -0.2) is 16.0 Å². The summed E-state index contributed by atoms with van der Waals surface area (Å²) in [6.07, 6.45) is -0.988. The van der Waals surface area contributed by atoms with Crippen LogP contribution >= 0.6 is 18.5 Å². The van der Waals surface area contributed by atoms with Gasteiger partial charge in [0.1, 0.15) is 11.7 Å². The van der Waals surface area contributed by atoms with Gasteiger partial charge in [0.15, 0.2) is 0 Å². The first-order valence-corrected chi connectivity index (χ1v) is 8.66. The average Bonchev–Trinajstić information content (AvgIpc) is 2.75. The zero-order chi connectivity index (χ0) is 18.5. The molecule has 0 saturated heterocycles. The summed E-state index contributed by atoms with van der Waals surface area (Å²) in [4.78, 5) is 22.4. The monoisotopic (exact) mass is 377 g/mol. The average molecular weight is 377 g/mol. The molecule has 0 bridgehead atoms. The Labute approximate surface area is 149 Å². The normalized spacial score (nSPS) is 16.3. The highest BCUT2D eigenvalue weighted by atomic mass is 31.0. The van der Waals surface area contributed by atoms with Crippen LogP contribution in [0.1, 0.15) is 47.0 Å². The summed E-state index contributed by atoms with van der Waals surface area (Å²) in [6.45, 7) is 3.59. The van der Waals surface area contributed by atoms with Crippen molar-refractivity contribution in [2.24, 2.45) is 0 Å². The molecule has 1 heterocycles. The number of carbonyl (C=O) groups excluding carboxylic acids is 1. The maximum atomic E-state index is 11.9. The smallest absolute Gasteiger partial charge is 0.339 e. The Hall–Kier alpha value is -1.87. The number of nitrogens with zero attached hydrogens (tertiary/aromatic N) is 1. The highest BCUT2D eigenvalue weighted by Gasteiger charge is 2.38. The minimum Gasteiger partial charge on any atom is -0.451 e. The number of non-ortho nitro benzene ring substituents is 1. The molecular weight excluding hydrogens is 360 g/mol. The largest absolute Gasteiger partial charge is 0.451 e. The van der Waals surface area contributed by atoms with Crippen LogP contribution < -0.4 is 10.6 Å². The summed E-state index contributed by atoms with van der Waals surface area (Å²) in [6, 6.07) is 7.87. The van der Waals surface area contributed by atoms with Gasteiger partial charge in [-0.25, -0.2) is 4.79 Å². The van der Waals surface area contributed by atoms with E-state index in [9.17, 15) is 20.0 Å². The van der Waals surface area contributed by atoms with Gasteiger partial charge in [-0.15, -0.1) is 18.5 Å². The van der Waals surface area contributed by atoms with Gasteiger partial charge >= 0.3 is 5.97 Å². The first-order valence-electron chi connectivity index (χ1n) is 7.51. The van der Waals surface area contributed by atoms with Gasteiger partial charge in [0.05, 0.1) is 10.5 Å². The molecule has 3 atom stereocenters. The summed E-state index contributed by atoms with van der Waals surface area (Å²) < 4.78 is 5.35. The van der Waals surface area contributed by atoms with Crippen molar-refractivity contribution in [3.63, 3.8) is 0 Å². The molecule has 0 radical (unpaired) electrons. The van der Waals surface area contributed by atoms with E-state index >= 15 is 0 Å². The fourth-order valence-corrected chi connectivity index (χ4v) is 4.18. The van der Waals surface area contributed by atoms with Gasteiger partial charge in [-0.2, -0.15) is 0 Å². The summed E-state index contributed by atoms with van der Waals surface area (Å²) in [5, 5.41) is 22.9. The number of cyclic esters (lactones) is 1. The van der Waals surface area contributed by atoms with E-state index in [0.29, 0.717) is 32.9 Å². The fraction of sp³-hybridized carbons (Fsp3) is 0.235. The molecule has 0 spiro atoms. The summed E-state index contributed by atoms with van der Waals surface area (Å²) in [5.74, 6) is -0.380. The Balaban J connectivity index is 2.07. The third-order valence-corrected chi connectivity index (χ3v) is 5.24. The van der Waals surface area contributed by atoms with Crippen LogP contribution in [-0.2, 0) is 10.3 Å². The number of rotatable bonds is 3. The van der Waals surface area contributed by atoms with E-state index in [1.54, 1.807) is 32.0 Å². The van der Waals surface area contributed by atoms with E-state index in [1.165, 1.54) is 12.1 Å². The lowest BCUT2D eigenvalue weighted by Crippen LogP contribution is -2.20. The Morgan fingerprint density at radius 3 is 2.36 bits per heavy atom. The predicted octanol–water partition coefficient (Wildman–Crippen LogP) is 2.08. The number of aliphatic hydroxyl groups excluding tert-OH is 1. The Kier molecular flexibility index (Phi) is 4.40. The number of carbonyl (C=O) groups is 1. The minimum absolute atomic E-state index is 0.0416. The van der Waals surface area contributed by atoms with E-state index in [0.717, 1.165) is 0 Å². The minimum atomic E-state index is -0.988. The molecule has 1 aliphatic heterocycles. The molecule has 0 fully saturated rings. The predicted molar refractivity (Wildman–Crippen MR) is 101 cm³/mol. The van der Waals surface area contributed by atoms with Crippen molar-refractivity contribution < 1.29 is 19.6 Å². The molecular formula is C17H17NO5P2. The molecule has 0 amide bonds. The summed E-state index contributed by atoms with van der Waals surface area (Å²) >= 11 is 0. The third kappa shape index (κ3) is 3.06. The van der Waals surface area contributed by atoms with Crippen LogP contribution in [0, 0.1) is 10.1 Å². The third-order valence-electron chi connectivity index (χ3n) is 4.29. The number of fused-ring (bicyclic) bond motifs is 1. The number of aliphatic hydroxyl groups is 1. The van der Waals surface area contributed by atoms with Crippen LogP contribution in [0.5, 0.6) is 0 Å². The lowest BCUT2D eigenvalue weighted by molar-refractivity contribution is -0.384. The maximum absolute atomic E-state index is 11.9. The zero-order valence-corrected chi connectivity index (χ0v) is 16.0. The molecule has 25 heavy (non-hydrogen) atoms. The molecule has 0 saturated carbocycles. The first kappa shape index (κ1) is 17.9. The van der Waals surface area contributed by atoms with Crippen LogP contribution in [0.15, 0.2) is 30.3 Å². The summed E-state index contributed by atoms with van der Waals surface area (Å²) in [7, 11) is 4.85. The fourth-order valence-electron chi connectivity index (χ4n) is 3.02. The number of esters is 1. The SMILES string of the molecule is CC1(C)OC(=O)c2ccc(C(O)c3c(P)cc([N+](=O)[O-])cc3P)cc21. The highest BCUT2D eigenvalue weighted by Crippen LogP contribution is 2.38. The van der Waals surface area contributed by atoms with Crippen molar-refractivity contribution in [2.75, 3.05) is 0 Å². The van der Waals surface area contributed by atoms with Gasteiger partial charge in [-0.05, 0) is 47.7 Å². The molecule has 3 unspecified atom stereocenters. The van der Waals surface area contributed by atoms with Gasteiger partial charge in [0.2, 0.25) is 0 Å². The zero-order valence-electron chi connectivity index (χ0n) is 13.6. The molecule has 1 N–H and O–H groups in total. The number of nitro benzene ring substituents is 1. The number of nitro groups is 1. The lowest BCUT2D eigenvalue weighted by atomic mass is 9.91. The Morgan fingerprint density at radius 2 is 1.80 bits per heavy atom. The standard InChI is InChI=1S/C17H17NO5P2/c1-17(2)11-5-8(3-4-10(11)16(20)23-17)15(19)14-12(24)6-9(18(21)22)7-13(14)25/h3-7,15,19H,24-25H2,1-2H3. The highest BCUT2D eigenvalue weighted by molar-refractivity contribution is 7.30. The second-order valence-electron chi connectivity index (χ2n) is 6.40. The van der Waals surface area contributed by atoms with Crippen molar-refractivity contribution >= 4 is 40.7 Å². The molecule has 2 aromatic carbocycles. The van der Waals surface area contributed by atoms with Crippen molar-refractivity contribution in [3.8, 4) is 0 Å². The quantitative estimate of drug-likeness (QED) is 0.383. The number of hydrogen-bond donors (Lipinski definition) is 1. The number of benzene rings is 2. The van der Waals surface area contributed by atoms with E-state index in [2.05, 4.69) is 18.5 Å². The van der Waals surface area contributed by atoms with Crippen LogP contribution in [0.4, 0.5) is 5.69 Å². The van der Waals surface area contributed by atoms with Gasteiger partial charge in [0, 0.05) is 17.7 Å². The van der Waals surface area contributed by atoms with Gasteiger partial charge in [-0.3, -0.25) is 10.1 Å². The molecule has 130 valence electrons. The molecule has 6 nitrogen and oxygen atoms in total. The molecule has 2 aromatic rings. The van der Waals surface area contributed by atoms with Gasteiger partial charge in [0.25, 0.3) is 5.69 Å². The van der Waals surface area contributed by atoms with E-state index in [4.69, 9.17) is 4.74 Å². The molecule has 1 aliphatic rings. The maximum Gasteiger partial charge on any atom is 0.339 e. The summed E-state index contributed by atoms with van der Waals surface area (Å²) in [5.41, 5.74) is 1.55. The molecule has 8 heteroatoms. The topological polar surface area (TPSA) is 89.7 Å². The second-order valence-corrected chi connectivity index (χ2v) is 7.65. The van der Waals surface area contributed by atoms with Crippen molar-refractivity contribution in [1.82, 2.24) is 0 Å². The van der Waals surface area contributed by atoms with E-state index in [-0.39, 0.29) is 11.7 Å². The number of ether oxygens (including phenoxy) is 1. The van der Waals surface area contributed by atoms with E-state index < -0.39 is 16.6 Å². The van der Waals surface area contributed by atoms with E-state index in [1.807, 2.05) is 0 Å². The lowest BCUT2D eigenvalue weighted by Gasteiger charge is -2.20. The Bertz CT molecular complexity index is 887. The van der Waals surface area contributed by atoms with Crippen molar-refractivity contribution in [1.29, 1.82) is 0 Å². The van der Waals surface area contributed by atoms with Crippen LogP contribution in [0.2, 0.25) is 0 Å².